The molecule has 0 saturated carbocycles. The fourth-order valence-corrected chi connectivity index (χ4v) is 7.28. The molecule has 3 heterocycles. The number of hydrogen-bond acceptors (Lipinski definition) is 5. The van der Waals surface area contributed by atoms with Gasteiger partial charge in [0, 0.05) is 34.6 Å². The minimum absolute atomic E-state index is 0.0219. The molecule has 3 aromatic rings. The number of carbonyl (C=O) groups is 2. The van der Waals surface area contributed by atoms with E-state index in [1.807, 2.05) is 0 Å². The molecule has 2 N–H and O–H groups in total. The summed E-state index contributed by atoms with van der Waals surface area (Å²) >= 11 is 0. The predicted molar refractivity (Wildman–Crippen MR) is 156 cm³/mol. The Hall–Kier alpha value is -3.60. The number of carbonyl (C=O) groups excluding carboxylic acids is 2. The molecule has 0 bridgehead atoms. The number of alkyl halides is 3. The van der Waals surface area contributed by atoms with E-state index in [0.717, 1.165) is 6.92 Å². The van der Waals surface area contributed by atoms with Gasteiger partial charge in [-0.2, -0.15) is 13.2 Å². The maximum Gasteiger partial charge on any atom is 0.403 e. The third-order valence-corrected chi connectivity index (χ3v) is 10.6. The van der Waals surface area contributed by atoms with E-state index in [0.29, 0.717) is 51.0 Å². The highest BCUT2D eigenvalue weighted by atomic mass is 19.4. The highest BCUT2D eigenvalue weighted by Gasteiger charge is 2.63. The number of aryl methyl sites for hydroxylation is 1. The number of aromatic nitrogens is 2. The highest BCUT2D eigenvalue weighted by molar-refractivity contribution is 5.95. The van der Waals surface area contributed by atoms with Crippen molar-refractivity contribution in [3.63, 3.8) is 0 Å². The maximum absolute atomic E-state index is 15.1. The molecule has 7 nitrogen and oxygen atoms in total. The summed E-state index contributed by atoms with van der Waals surface area (Å²) in [6, 6.07) is 2.00. The van der Waals surface area contributed by atoms with E-state index in [2.05, 4.69) is 5.32 Å². The van der Waals surface area contributed by atoms with Crippen molar-refractivity contribution in [2.75, 3.05) is 0 Å². The van der Waals surface area contributed by atoms with Gasteiger partial charge >= 0.3 is 6.18 Å². The van der Waals surface area contributed by atoms with Crippen LogP contribution in [0.25, 0.3) is 22.3 Å². The van der Waals surface area contributed by atoms with Crippen LogP contribution in [0, 0.1) is 23.6 Å². The molecule has 3 atom stereocenters. The largest absolute Gasteiger partial charge is 0.403 e. The zero-order valence-electron chi connectivity index (χ0n) is 25.6. The van der Waals surface area contributed by atoms with Crippen LogP contribution in [-0.4, -0.2) is 32.5 Å². The summed E-state index contributed by atoms with van der Waals surface area (Å²) in [7, 11) is 0. The van der Waals surface area contributed by atoms with Crippen molar-refractivity contribution in [1.82, 2.24) is 14.9 Å². The number of pyridine rings is 2. The standard InChI is InChI=1S/C33H35F4N3O4/c1-7-32(44)19-12-23-27-18(14-40(23)28(42)17(19)9-11-24(32)41)26-21(39-29(43)31(6,30(3,4)5)33(35,36)37)10-8-16-15(2)20(34)13-22(38-27)25(16)26/h12-13,21,44H,7-11,14H2,1-6H3,(H,39,43)/t21-,31-,32-/m0/s1. The Morgan fingerprint density at radius 1 is 1.09 bits per heavy atom. The fraction of sp³-hybridized carbons (Fsp3) is 0.515. The smallest absolute Gasteiger partial charge is 0.377 e. The van der Waals surface area contributed by atoms with Crippen LogP contribution in [0.3, 0.4) is 0 Å². The van der Waals surface area contributed by atoms with E-state index in [1.54, 1.807) is 19.9 Å². The Morgan fingerprint density at radius 3 is 2.39 bits per heavy atom. The van der Waals surface area contributed by atoms with Gasteiger partial charge in [-0.15, -0.1) is 0 Å². The first-order valence-electron chi connectivity index (χ1n) is 14.9. The molecule has 0 radical (unpaired) electrons. The summed E-state index contributed by atoms with van der Waals surface area (Å²) in [5.74, 6) is -2.04. The number of aliphatic hydroxyl groups is 1. The van der Waals surface area contributed by atoms with Crippen LogP contribution in [0.5, 0.6) is 0 Å². The number of nitrogens with zero attached hydrogens (tertiary/aromatic N) is 2. The molecule has 3 aliphatic rings. The maximum atomic E-state index is 15.1. The second-order valence-corrected chi connectivity index (χ2v) is 13.6. The zero-order chi connectivity index (χ0) is 32.3. The lowest BCUT2D eigenvalue weighted by atomic mass is 9.66. The molecule has 0 saturated heterocycles. The number of amides is 1. The zero-order valence-corrected chi connectivity index (χ0v) is 25.6. The first-order chi connectivity index (χ1) is 20.4. The van der Waals surface area contributed by atoms with Crippen molar-refractivity contribution >= 4 is 22.6 Å². The molecule has 1 amide bonds. The number of hydrogen-bond donors (Lipinski definition) is 2. The molecular formula is C33H35F4N3O4. The second kappa shape index (κ2) is 9.45. The fourth-order valence-electron chi connectivity index (χ4n) is 7.28. The first kappa shape index (κ1) is 30.4. The van der Waals surface area contributed by atoms with Crippen molar-refractivity contribution in [1.29, 1.82) is 0 Å². The van der Waals surface area contributed by atoms with Crippen molar-refractivity contribution in [3.05, 3.63) is 61.7 Å². The number of Topliss-reactive ketones (excluding diaryl/α,β-unsaturated/α-hetero) is 1. The molecule has 2 aliphatic carbocycles. The monoisotopic (exact) mass is 613 g/mol. The van der Waals surface area contributed by atoms with Crippen LogP contribution in [0.15, 0.2) is 16.9 Å². The van der Waals surface area contributed by atoms with Crippen molar-refractivity contribution in [2.45, 2.75) is 98.0 Å². The van der Waals surface area contributed by atoms with Crippen molar-refractivity contribution in [2.24, 2.45) is 10.8 Å². The molecule has 0 fully saturated rings. The number of fused-ring (bicyclic) bond motifs is 5. The first-order valence-corrected chi connectivity index (χ1v) is 14.9. The lowest BCUT2D eigenvalue weighted by molar-refractivity contribution is -0.243. The van der Waals surface area contributed by atoms with Crippen LogP contribution in [0.4, 0.5) is 17.6 Å². The van der Waals surface area contributed by atoms with E-state index in [9.17, 15) is 32.7 Å². The lowest BCUT2D eigenvalue weighted by Gasteiger charge is -2.42. The molecule has 0 spiro atoms. The van der Waals surface area contributed by atoms with Crippen molar-refractivity contribution < 1.29 is 32.3 Å². The van der Waals surface area contributed by atoms with Crippen LogP contribution in [0.1, 0.15) is 93.3 Å². The third-order valence-electron chi connectivity index (χ3n) is 10.6. The van der Waals surface area contributed by atoms with Crippen LogP contribution in [-0.2, 0) is 34.6 Å². The Labute approximate surface area is 251 Å². The van der Waals surface area contributed by atoms with Gasteiger partial charge < -0.3 is 15.0 Å². The molecule has 1 aromatic carbocycles. The highest BCUT2D eigenvalue weighted by Crippen LogP contribution is 2.52. The molecule has 1 aliphatic heterocycles. The van der Waals surface area contributed by atoms with Crippen LogP contribution < -0.4 is 10.9 Å². The van der Waals surface area contributed by atoms with Crippen molar-refractivity contribution in [3.8, 4) is 11.4 Å². The van der Waals surface area contributed by atoms with Gasteiger partial charge in [-0.05, 0) is 67.7 Å². The second-order valence-electron chi connectivity index (χ2n) is 13.6. The third kappa shape index (κ3) is 3.90. The van der Waals surface area contributed by atoms with E-state index in [-0.39, 0.29) is 54.7 Å². The summed E-state index contributed by atoms with van der Waals surface area (Å²) in [5, 5.41) is 14.6. The van der Waals surface area contributed by atoms with Gasteiger partial charge in [-0.3, -0.25) is 14.4 Å². The quantitative estimate of drug-likeness (QED) is 0.289. The molecule has 11 heteroatoms. The Balaban J connectivity index is 1.59. The van der Waals surface area contributed by atoms with Gasteiger partial charge in [0.2, 0.25) is 5.91 Å². The summed E-state index contributed by atoms with van der Waals surface area (Å²) in [6.07, 6.45) is -4.05. The molecule has 234 valence electrons. The Kier molecular flexibility index (Phi) is 6.54. The SMILES string of the molecule is CC[C@@]1(O)C(=O)CCc2c1cc1n(c2=O)Cc2c-1nc1cc(F)c(C)c3c1c2[C@@H](NC(=O)[C@@](C)(C(C)(C)C)C(F)(F)F)CC3. The summed E-state index contributed by atoms with van der Waals surface area (Å²) in [4.78, 5) is 45.0. The Bertz CT molecular complexity index is 1840. The van der Waals surface area contributed by atoms with Crippen LogP contribution >= 0.6 is 0 Å². The van der Waals surface area contributed by atoms with Gasteiger partial charge in [0.25, 0.3) is 5.56 Å². The molecular weight excluding hydrogens is 578 g/mol. The lowest BCUT2D eigenvalue weighted by Crippen LogP contribution is -2.56. The minimum atomic E-state index is -4.84. The molecule has 6 rings (SSSR count). The van der Waals surface area contributed by atoms with Gasteiger partial charge in [0.05, 0.1) is 29.5 Å². The van der Waals surface area contributed by atoms with E-state index >= 15 is 4.39 Å². The van der Waals surface area contributed by atoms with Crippen LogP contribution in [0.2, 0.25) is 0 Å². The van der Waals surface area contributed by atoms with E-state index in [1.165, 1.54) is 31.4 Å². The number of benzene rings is 1. The average Bonchev–Trinajstić information content (AvgIpc) is 3.31. The average molecular weight is 614 g/mol. The van der Waals surface area contributed by atoms with Gasteiger partial charge in [0.1, 0.15) is 16.8 Å². The summed E-state index contributed by atoms with van der Waals surface area (Å²) in [5.41, 5.74) is -2.82. The van der Waals surface area contributed by atoms with Gasteiger partial charge in [-0.25, -0.2) is 9.37 Å². The number of rotatable bonds is 3. The number of ketones is 1. The molecule has 0 unspecified atom stereocenters. The summed E-state index contributed by atoms with van der Waals surface area (Å²) in [6.45, 7) is 8.35. The summed E-state index contributed by atoms with van der Waals surface area (Å²) < 4.78 is 60.1. The number of halogens is 4. The normalized spacial score (nSPS) is 22.3. The Morgan fingerprint density at radius 2 is 1.77 bits per heavy atom. The molecule has 44 heavy (non-hydrogen) atoms. The van der Waals surface area contributed by atoms with Gasteiger partial charge in [-0.1, -0.05) is 27.7 Å². The predicted octanol–water partition coefficient (Wildman–Crippen LogP) is 5.70. The van der Waals surface area contributed by atoms with E-state index in [4.69, 9.17) is 4.98 Å². The van der Waals surface area contributed by atoms with E-state index < -0.39 is 40.4 Å². The van der Waals surface area contributed by atoms with Gasteiger partial charge in [0.15, 0.2) is 5.78 Å². The number of nitrogens with one attached hydrogen (secondary N) is 1. The topological polar surface area (TPSA) is 101 Å². The molecule has 2 aromatic heterocycles. The minimum Gasteiger partial charge on any atom is -0.377 e.